The molecule has 4 aromatic carbocycles. The Labute approximate surface area is 216 Å². The Morgan fingerprint density at radius 3 is 2.51 bits per heavy atom. The Morgan fingerprint density at radius 2 is 1.59 bits per heavy atom. The summed E-state index contributed by atoms with van der Waals surface area (Å²) in [7, 11) is 0. The van der Waals surface area contributed by atoms with Crippen LogP contribution < -0.4 is 14.8 Å². The van der Waals surface area contributed by atoms with Crippen LogP contribution in [0, 0.1) is 0 Å². The number of hydrogen-bond donors (Lipinski definition) is 1. The molecule has 0 fully saturated rings. The van der Waals surface area contributed by atoms with Gasteiger partial charge in [0.05, 0.1) is 17.6 Å². The summed E-state index contributed by atoms with van der Waals surface area (Å²) in [5.41, 5.74) is 2.12. The summed E-state index contributed by atoms with van der Waals surface area (Å²) in [6.45, 7) is 2.03. The first-order valence-corrected chi connectivity index (χ1v) is 12.8. The second kappa shape index (κ2) is 12.1. The molecule has 1 N–H and O–H groups in total. The molecule has 0 saturated heterocycles. The second-order valence-electron chi connectivity index (χ2n) is 8.90. The number of aryl methyl sites for hydroxylation is 2. The number of nitrogens with zero attached hydrogens (tertiary/aromatic N) is 2. The molecular formula is C31H31N3O3. The molecule has 0 aliphatic carbocycles. The van der Waals surface area contributed by atoms with Gasteiger partial charge in [-0.3, -0.25) is 4.79 Å². The maximum Gasteiger partial charge on any atom is 0.257 e. The second-order valence-corrected chi connectivity index (χ2v) is 8.90. The predicted octanol–water partition coefficient (Wildman–Crippen LogP) is 5.79. The molecule has 1 heterocycles. The van der Waals surface area contributed by atoms with E-state index >= 15 is 0 Å². The highest BCUT2D eigenvalue weighted by molar-refractivity contribution is 5.88. The van der Waals surface area contributed by atoms with Crippen molar-refractivity contribution in [2.24, 2.45) is 0 Å². The number of ether oxygens (including phenoxy) is 2. The molecule has 1 aromatic heterocycles. The molecule has 188 valence electrons. The van der Waals surface area contributed by atoms with E-state index in [2.05, 4.69) is 34.1 Å². The largest absolute Gasteiger partial charge is 0.493 e. The first kappa shape index (κ1) is 24.4. The lowest BCUT2D eigenvalue weighted by molar-refractivity contribution is -0.123. The Morgan fingerprint density at radius 1 is 0.811 bits per heavy atom. The number of aromatic nitrogens is 2. The van der Waals surface area contributed by atoms with Crippen molar-refractivity contribution < 1.29 is 14.3 Å². The summed E-state index contributed by atoms with van der Waals surface area (Å²) in [5, 5.41) is 5.26. The molecule has 1 amide bonds. The monoisotopic (exact) mass is 493 g/mol. The average molecular weight is 494 g/mol. The van der Waals surface area contributed by atoms with Crippen molar-refractivity contribution in [1.82, 2.24) is 14.9 Å². The standard InChI is InChI=1S/C31H31N3O3/c35-31(23-37-25-13-2-1-3-14-25)32-20-9-19-30-33-27-16-6-7-17-28(27)34(30)21-10-22-36-29-18-8-12-24-11-4-5-15-26(24)29/h1-8,11-18H,9-10,19-23H2,(H,32,35). The minimum Gasteiger partial charge on any atom is -0.493 e. The molecule has 6 heteroatoms. The average Bonchev–Trinajstić information content (AvgIpc) is 3.30. The zero-order valence-electron chi connectivity index (χ0n) is 20.8. The molecule has 5 aromatic rings. The predicted molar refractivity (Wildman–Crippen MR) is 147 cm³/mol. The van der Waals surface area contributed by atoms with Gasteiger partial charge in [-0.15, -0.1) is 0 Å². The van der Waals surface area contributed by atoms with Gasteiger partial charge in [-0.25, -0.2) is 4.98 Å². The van der Waals surface area contributed by atoms with Crippen molar-refractivity contribution in [3.8, 4) is 11.5 Å². The van der Waals surface area contributed by atoms with Crippen molar-refractivity contribution in [3.05, 3.63) is 103 Å². The van der Waals surface area contributed by atoms with Crippen LogP contribution in [0.1, 0.15) is 18.7 Å². The molecule has 0 bridgehead atoms. The molecule has 0 spiro atoms. The number of benzene rings is 4. The topological polar surface area (TPSA) is 65.4 Å². The van der Waals surface area contributed by atoms with Gasteiger partial charge >= 0.3 is 0 Å². The van der Waals surface area contributed by atoms with Gasteiger partial charge in [0.1, 0.15) is 17.3 Å². The number of amides is 1. The van der Waals surface area contributed by atoms with E-state index in [9.17, 15) is 4.79 Å². The maximum atomic E-state index is 12.1. The molecule has 0 unspecified atom stereocenters. The van der Waals surface area contributed by atoms with Gasteiger partial charge in [-0.2, -0.15) is 0 Å². The van der Waals surface area contributed by atoms with E-state index in [-0.39, 0.29) is 12.5 Å². The lowest BCUT2D eigenvalue weighted by Gasteiger charge is -2.12. The van der Waals surface area contributed by atoms with E-state index < -0.39 is 0 Å². The molecule has 5 rings (SSSR count). The SMILES string of the molecule is O=C(COc1ccccc1)NCCCc1nc2ccccc2n1CCCOc1cccc2ccccc12. The van der Waals surface area contributed by atoms with Crippen LogP contribution in [-0.4, -0.2) is 35.2 Å². The van der Waals surface area contributed by atoms with Crippen molar-refractivity contribution in [2.45, 2.75) is 25.8 Å². The number of hydrogen-bond acceptors (Lipinski definition) is 4. The Hall–Kier alpha value is -4.32. The fraction of sp³-hybridized carbons (Fsp3) is 0.226. The van der Waals surface area contributed by atoms with Gasteiger partial charge < -0.3 is 19.4 Å². The van der Waals surface area contributed by atoms with Crippen LogP contribution in [0.5, 0.6) is 11.5 Å². The zero-order valence-corrected chi connectivity index (χ0v) is 20.8. The van der Waals surface area contributed by atoms with Crippen molar-refractivity contribution in [3.63, 3.8) is 0 Å². The highest BCUT2D eigenvalue weighted by Crippen LogP contribution is 2.25. The normalized spacial score (nSPS) is 11.0. The number of carbonyl (C=O) groups is 1. The van der Waals surface area contributed by atoms with Crippen LogP contribution in [0.2, 0.25) is 0 Å². The van der Waals surface area contributed by atoms with Crippen molar-refractivity contribution in [2.75, 3.05) is 19.8 Å². The number of rotatable bonds is 12. The lowest BCUT2D eigenvalue weighted by Crippen LogP contribution is -2.30. The molecule has 0 saturated carbocycles. The molecule has 0 aliphatic heterocycles. The first-order valence-electron chi connectivity index (χ1n) is 12.8. The summed E-state index contributed by atoms with van der Waals surface area (Å²) in [6, 6.07) is 32.0. The summed E-state index contributed by atoms with van der Waals surface area (Å²) >= 11 is 0. The molecule has 0 aliphatic rings. The lowest BCUT2D eigenvalue weighted by atomic mass is 10.1. The molecule has 37 heavy (non-hydrogen) atoms. The first-order chi connectivity index (χ1) is 18.3. The van der Waals surface area contributed by atoms with Gasteiger partial charge in [0.2, 0.25) is 0 Å². The number of nitrogens with one attached hydrogen (secondary N) is 1. The number of carbonyl (C=O) groups excluding carboxylic acids is 1. The highest BCUT2D eigenvalue weighted by Gasteiger charge is 2.11. The maximum absolute atomic E-state index is 12.1. The Bertz CT molecular complexity index is 1460. The van der Waals surface area contributed by atoms with Crippen LogP contribution in [0.15, 0.2) is 97.1 Å². The summed E-state index contributed by atoms with van der Waals surface area (Å²) in [4.78, 5) is 17.0. The smallest absolute Gasteiger partial charge is 0.257 e. The quantitative estimate of drug-likeness (QED) is 0.224. The third-order valence-electron chi connectivity index (χ3n) is 6.28. The Kier molecular flexibility index (Phi) is 7.96. The Balaban J connectivity index is 1.13. The fourth-order valence-corrected chi connectivity index (χ4v) is 4.48. The summed E-state index contributed by atoms with van der Waals surface area (Å²) < 4.78 is 13.9. The van der Waals surface area contributed by atoms with E-state index in [0.717, 1.165) is 53.8 Å². The van der Waals surface area contributed by atoms with Crippen LogP contribution in [0.3, 0.4) is 0 Å². The van der Waals surface area contributed by atoms with E-state index in [0.29, 0.717) is 18.9 Å². The molecule has 0 atom stereocenters. The third-order valence-corrected chi connectivity index (χ3v) is 6.28. The minimum absolute atomic E-state index is 0.0131. The van der Waals surface area contributed by atoms with Crippen molar-refractivity contribution >= 4 is 27.7 Å². The number of para-hydroxylation sites is 3. The molecule has 6 nitrogen and oxygen atoms in total. The van der Waals surface area contributed by atoms with Crippen LogP contribution in [0.4, 0.5) is 0 Å². The number of fused-ring (bicyclic) bond motifs is 2. The fourth-order valence-electron chi connectivity index (χ4n) is 4.48. The van der Waals surface area contributed by atoms with Gasteiger partial charge in [0, 0.05) is 24.9 Å². The van der Waals surface area contributed by atoms with Crippen molar-refractivity contribution in [1.29, 1.82) is 0 Å². The van der Waals surface area contributed by atoms with E-state index in [1.165, 1.54) is 5.39 Å². The van der Waals surface area contributed by atoms with Gasteiger partial charge in [-0.05, 0) is 48.6 Å². The minimum atomic E-state index is -0.122. The zero-order chi connectivity index (χ0) is 25.3. The molecule has 0 radical (unpaired) electrons. The van der Waals surface area contributed by atoms with E-state index in [1.807, 2.05) is 72.8 Å². The van der Waals surface area contributed by atoms with Gasteiger partial charge in [-0.1, -0.05) is 66.7 Å². The summed E-state index contributed by atoms with van der Waals surface area (Å²) in [6.07, 6.45) is 2.44. The van der Waals surface area contributed by atoms with Crippen LogP contribution >= 0.6 is 0 Å². The number of imidazole rings is 1. The van der Waals surface area contributed by atoms with Gasteiger partial charge in [0.15, 0.2) is 6.61 Å². The highest BCUT2D eigenvalue weighted by atomic mass is 16.5. The van der Waals surface area contributed by atoms with Crippen LogP contribution in [-0.2, 0) is 17.8 Å². The molecular weight excluding hydrogens is 462 g/mol. The van der Waals surface area contributed by atoms with E-state index in [4.69, 9.17) is 14.5 Å². The van der Waals surface area contributed by atoms with E-state index in [1.54, 1.807) is 0 Å². The van der Waals surface area contributed by atoms with Crippen LogP contribution in [0.25, 0.3) is 21.8 Å². The third kappa shape index (κ3) is 6.28. The van der Waals surface area contributed by atoms with Gasteiger partial charge in [0.25, 0.3) is 5.91 Å². The summed E-state index contributed by atoms with van der Waals surface area (Å²) in [5.74, 6) is 2.51.